The monoisotopic (exact) mass is 287 g/mol. The Morgan fingerprint density at radius 2 is 2.11 bits per heavy atom. The first-order valence-corrected chi connectivity index (χ1v) is 6.71. The maximum absolute atomic E-state index is 12.6. The van der Waals surface area contributed by atoms with E-state index in [1.54, 1.807) is 0 Å². The molecule has 0 aliphatic carbocycles. The third kappa shape index (κ3) is 2.82. The second kappa shape index (κ2) is 5.75. The van der Waals surface area contributed by atoms with Crippen LogP contribution in [0.25, 0.3) is 10.2 Å². The Hall–Kier alpha value is -1.34. The van der Waals surface area contributed by atoms with E-state index in [4.69, 9.17) is 5.11 Å². The standard InChI is InChI=1S/C12H15F2N3OS/c1-7-8(2)19-12-10(7)11(15-6-16-12)17(3-4-18)5-9(13)14/h6,9,18H,3-5H2,1-2H3. The van der Waals surface area contributed by atoms with Gasteiger partial charge in [-0.2, -0.15) is 0 Å². The molecule has 0 saturated carbocycles. The quantitative estimate of drug-likeness (QED) is 0.917. The van der Waals surface area contributed by atoms with Crippen molar-refractivity contribution in [2.75, 3.05) is 24.6 Å². The molecule has 4 nitrogen and oxygen atoms in total. The number of thiophene rings is 1. The first-order valence-electron chi connectivity index (χ1n) is 5.89. The van der Waals surface area contributed by atoms with Crippen LogP contribution in [0, 0.1) is 13.8 Å². The zero-order valence-electron chi connectivity index (χ0n) is 10.7. The van der Waals surface area contributed by atoms with E-state index in [1.807, 2.05) is 13.8 Å². The van der Waals surface area contributed by atoms with Gasteiger partial charge in [0.2, 0.25) is 0 Å². The lowest BCUT2D eigenvalue weighted by Gasteiger charge is -2.23. The Labute approximate surface area is 113 Å². The Morgan fingerprint density at radius 1 is 1.37 bits per heavy atom. The van der Waals surface area contributed by atoms with Crippen LogP contribution in [0.3, 0.4) is 0 Å². The highest BCUT2D eigenvalue weighted by Gasteiger charge is 2.19. The predicted octanol–water partition coefficient (Wildman–Crippen LogP) is 2.37. The summed E-state index contributed by atoms with van der Waals surface area (Å²) in [5.41, 5.74) is 1.01. The number of aliphatic hydroxyl groups excluding tert-OH is 1. The molecule has 19 heavy (non-hydrogen) atoms. The number of nitrogens with zero attached hydrogens (tertiary/aromatic N) is 3. The normalized spacial score (nSPS) is 11.5. The van der Waals surface area contributed by atoms with Crippen molar-refractivity contribution in [1.82, 2.24) is 9.97 Å². The maximum Gasteiger partial charge on any atom is 0.255 e. The van der Waals surface area contributed by atoms with Crippen molar-refractivity contribution >= 4 is 27.4 Å². The molecule has 7 heteroatoms. The molecular formula is C12H15F2N3OS. The van der Waals surface area contributed by atoms with Gasteiger partial charge in [0.05, 0.1) is 18.5 Å². The summed E-state index contributed by atoms with van der Waals surface area (Å²) in [4.78, 5) is 11.6. The molecular weight excluding hydrogens is 272 g/mol. The second-order valence-corrected chi connectivity index (χ2v) is 5.42. The van der Waals surface area contributed by atoms with Gasteiger partial charge in [-0.25, -0.2) is 18.7 Å². The number of aromatic nitrogens is 2. The molecule has 0 spiro atoms. The lowest BCUT2D eigenvalue weighted by molar-refractivity contribution is 0.152. The fraction of sp³-hybridized carbons (Fsp3) is 0.500. The van der Waals surface area contributed by atoms with E-state index in [0.717, 1.165) is 20.7 Å². The van der Waals surface area contributed by atoms with Gasteiger partial charge in [0.25, 0.3) is 6.43 Å². The summed E-state index contributed by atoms with van der Waals surface area (Å²) in [6, 6.07) is 0. The maximum atomic E-state index is 12.6. The molecule has 0 amide bonds. The van der Waals surface area contributed by atoms with Crippen LogP contribution in [-0.4, -0.2) is 41.2 Å². The summed E-state index contributed by atoms with van der Waals surface area (Å²) in [7, 11) is 0. The van der Waals surface area contributed by atoms with Crippen LogP contribution in [0.2, 0.25) is 0 Å². The Morgan fingerprint density at radius 3 is 2.74 bits per heavy atom. The van der Waals surface area contributed by atoms with Crippen LogP contribution in [0.4, 0.5) is 14.6 Å². The van der Waals surface area contributed by atoms with E-state index in [-0.39, 0.29) is 13.2 Å². The molecule has 0 saturated heterocycles. The number of aryl methyl sites for hydroxylation is 2. The van der Waals surface area contributed by atoms with Crippen LogP contribution < -0.4 is 4.90 Å². The fourth-order valence-corrected chi connectivity index (χ4v) is 2.97. The number of hydrogen-bond donors (Lipinski definition) is 1. The molecule has 0 radical (unpaired) electrons. The third-order valence-electron chi connectivity index (χ3n) is 2.97. The van der Waals surface area contributed by atoms with Crippen molar-refractivity contribution in [2.45, 2.75) is 20.3 Å². The highest BCUT2D eigenvalue weighted by atomic mass is 32.1. The summed E-state index contributed by atoms with van der Waals surface area (Å²) >= 11 is 1.52. The van der Waals surface area contributed by atoms with Gasteiger partial charge in [0.15, 0.2) is 0 Å². The molecule has 0 fully saturated rings. The second-order valence-electron chi connectivity index (χ2n) is 4.22. The Kier molecular flexibility index (Phi) is 4.26. The number of anilines is 1. The minimum Gasteiger partial charge on any atom is -0.395 e. The minimum absolute atomic E-state index is 0.130. The van der Waals surface area contributed by atoms with E-state index >= 15 is 0 Å². The largest absolute Gasteiger partial charge is 0.395 e. The Balaban J connectivity index is 2.52. The predicted molar refractivity (Wildman–Crippen MR) is 72.2 cm³/mol. The molecule has 0 aliphatic rings. The van der Waals surface area contributed by atoms with Gasteiger partial charge < -0.3 is 10.0 Å². The number of halogens is 2. The van der Waals surface area contributed by atoms with E-state index < -0.39 is 13.0 Å². The number of hydrogen-bond acceptors (Lipinski definition) is 5. The highest BCUT2D eigenvalue weighted by molar-refractivity contribution is 7.18. The van der Waals surface area contributed by atoms with Gasteiger partial charge >= 0.3 is 0 Å². The van der Waals surface area contributed by atoms with E-state index in [1.165, 1.54) is 22.6 Å². The van der Waals surface area contributed by atoms with Crippen LogP contribution in [0.1, 0.15) is 10.4 Å². The van der Waals surface area contributed by atoms with Gasteiger partial charge in [0.1, 0.15) is 17.0 Å². The van der Waals surface area contributed by atoms with Crippen molar-refractivity contribution in [1.29, 1.82) is 0 Å². The first kappa shape index (κ1) is 14.1. The molecule has 0 unspecified atom stereocenters. The van der Waals surface area contributed by atoms with Crippen molar-refractivity contribution in [3.63, 3.8) is 0 Å². The zero-order valence-corrected chi connectivity index (χ0v) is 11.5. The van der Waals surface area contributed by atoms with Gasteiger partial charge in [-0.15, -0.1) is 11.3 Å². The molecule has 2 aromatic rings. The van der Waals surface area contributed by atoms with E-state index in [2.05, 4.69) is 9.97 Å². The fourth-order valence-electron chi connectivity index (χ4n) is 1.97. The van der Waals surface area contributed by atoms with Crippen LogP contribution in [-0.2, 0) is 0 Å². The van der Waals surface area contributed by atoms with Crippen LogP contribution >= 0.6 is 11.3 Å². The van der Waals surface area contributed by atoms with Gasteiger partial charge in [0, 0.05) is 11.4 Å². The zero-order chi connectivity index (χ0) is 14.0. The third-order valence-corrected chi connectivity index (χ3v) is 4.09. The van der Waals surface area contributed by atoms with E-state index in [0.29, 0.717) is 5.82 Å². The number of rotatable bonds is 5. The van der Waals surface area contributed by atoms with Crippen molar-refractivity contribution < 1.29 is 13.9 Å². The average molecular weight is 287 g/mol. The first-order chi connectivity index (χ1) is 9.04. The Bertz CT molecular complexity index is 573. The SMILES string of the molecule is Cc1sc2ncnc(N(CCO)CC(F)F)c2c1C. The summed E-state index contributed by atoms with van der Waals surface area (Å²) in [6.07, 6.45) is -1.10. The van der Waals surface area contributed by atoms with Gasteiger partial charge in [-0.05, 0) is 19.4 Å². The smallest absolute Gasteiger partial charge is 0.255 e. The lowest BCUT2D eigenvalue weighted by Crippen LogP contribution is -2.32. The molecule has 0 atom stereocenters. The van der Waals surface area contributed by atoms with Crippen molar-refractivity contribution in [3.05, 3.63) is 16.8 Å². The summed E-state index contributed by atoms with van der Waals surface area (Å²) in [5.74, 6) is 0.473. The van der Waals surface area contributed by atoms with Crippen molar-refractivity contribution in [3.8, 4) is 0 Å². The van der Waals surface area contributed by atoms with E-state index in [9.17, 15) is 8.78 Å². The molecule has 0 aliphatic heterocycles. The molecule has 0 aromatic carbocycles. The number of aliphatic hydroxyl groups is 1. The van der Waals surface area contributed by atoms with Gasteiger partial charge in [-0.1, -0.05) is 0 Å². The molecule has 0 bridgehead atoms. The molecule has 2 rings (SSSR count). The number of fused-ring (bicyclic) bond motifs is 1. The lowest BCUT2D eigenvalue weighted by atomic mass is 10.2. The van der Waals surface area contributed by atoms with Gasteiger partial charge in [-0.3, -0.25) is 0 Å². The molecule has 104 valence electrons. The minimum atomic E-state index is -2.48. The summed E-state index contributed by atoms with van der Waals surface area (Å²) < 4.78 is 25.3. The molecule has 2 aromatic heterocycles. The summed E-state index contributed by atoms with van der Waals surface area (Å²) in [6.45, 7) is 3.39. The topological polar surface area (TPSA) is 49.2 Å². The van der Waals surface area contributed by atoms with Crippen molar-refractivity contribution in [2.24, 2.45) is 0 Å². The summed E-state index contributed by atoms with van der Waals surface area (Å²) in [5, 5.41) is 9.83. The van der Waals surface area contributed by atoms with Crippen LogP contribution in [0.5, 0.6) is 0 Å². The molecule has 2 heterocycles. The van der Waals surface area contributed by atoms with Crippen LogP contribution in [0.15, 0.2) is 6.33 Å². The average Bonchev–Trinajstić information content (AvgIpc) is 2.64. The highest BCUT2D eigenvalue weighted by Crippen LogP contribution is 2.34. The number of alkyl halides is 2. The molecule has 1 N–H and O–H groups in total.